The van der Waals surface area contributed by atoms with Crippen molar-refractivity contribution in [2.45, 2.75) is 19.2 Å². The lowest BCUT2D eigenvalue weighted by molar-refractivity contribution is 0.0823. The number of hydrogen-bond acceptors (Lipinski definition) is 6. The number of fused-ring (bicyclic) bond motifs is 1. The van der Waals surface area contributed by atoms with E-state index in [-0.39, 0.29) is 17.7 Å². The normalized spacial score (nSPS) is 12.5. The first kappa shape index (κ1) is 17.9. The fourth-order valence-corrected chi connectivity index (χ4v) is 2.88. The van der Waals surface area contributed by atoms with E-state index >= 15 is 0 Å². The Hall–Kier alpha value is -2.91. The Morgan fingerprint density at radius 3 is 2.62 bits per heavy atom. The minimum atomic E-state index is -1.06. The van der Waals surface area contributed by atoms with Gasteiger partial charge in [0.25, 0.3) is 5.56 Å². The maximum Gasteiger partial charge on any atom is 0.329 e. The van der Waals surface area contributed by atoms with E-state index in [1.54, 1.807) is 0 Å². The highest BCUT2D eigenvalue weighted by Gasteiger charge is 2.21. The van der Waals surface area contributed by atoms with Crippen LogP contribution >= 0.6 is 0 Å². The summed E-state index contributed by atoms with van der Waals surface area (Å²) in [6, 6.07) is 9.71. The van der Waals surface area contributed by atoms with Gasteiger partial charge in [-0.25, -0.2) is 4.79 Å². The Labute approximate surface area is 148 Å². The molecule has 0 bridgehead atoms. The fourth-order valence-electron chi connectivity index (χ4n) is 2.88. The molecule has 3 aromatic rings. The standard InChI is InChI=1S/C17H21N5O4/c1-20(8-11-6-4-3-5-7-11)16-18-14-13(22(16)9-12(24)10-23)15(25)19-17(26)21(14)2/h3-7,12,23-24H,8-10H2,1-2H3,(H,19,25,26)/t12-/m0/s1. The summed E-state index contributed by atoms with van der Waals surface area (Å²) in [6.45, 7) is 0.0408. The predicted molar refractivity (Wildman–Crippen MR) is 97.2 cm³/mol. The van der Waals surface area contributed by atoms with E-state index in [4.69, 9.17) is 0 Å². The Morgan fingerprint density at radius 1 is 1.27 bits per heavy atom. The molecule has 138 valence electrons. The van der Waals surface area contributed by atoms with Crippen LogP contribution in [0.5, 0.6) is 0 Å². The van der Waals surface area contributed by atoms with Gasteiger partial charge in [0.05, 0.1) is 19.3 Å². The summed E-state index contributed by atoms with van der Waals surface area (Å²) >= 11 is 0. The average Bonchev–Trinajstić information content (AvgIpc) is 3.00. The molecule has 0 saturated heterocycles. The van der Waals surface area contributed by atoms with E-state index in [1.807, 2.05) is 42.3 Å². The van der Waals surface area contributed by atoms with E-state index in [1.165, 1.54) is 16.2 Å². The van der Waals surface area contributed by atoms with Crippen molar-refractivity contribution < 1.29 is 10.2 Å². The number of rotatable bonds is 6. The number of nitrogens with one attached hydrogen (secondary N) is 1. The van der Waals surface area contributed by atoms with Crippen LogP contribution in [0.2, 0.25) is 0 Å². The number of benzene rings is 1. The molecule has 0 aliphatic heterocycles. The van der Waals surface area contributed by atoms with Gasteiger partial charge in [-0.2, -0.15) is 4.98 Å². The molecule has 0 fully saturated rings. The fraction of sp³-hybridized carbons (Fsp3) is 0.353. The number of aryl methyl sites for hydroxylation is 1. The number of aliphatic hydroxyl groups excluding tert-OH is 2. The summed E-state index contributed by atoms with van der Waals surface area (Å²) in [4.78, 5) is 32.7. The third kappa shape index (κ3) is 3.26. The number of H-pyrrole nitrogens is 1. The van der Waals surface area contributed by atoms with E-state index in [0.717, 1.165) is 5.56 Å². The quantitative estimate of drug-likeness (QED) is 0.542. The Balaban J connectivity index is 2.15. The van der Waals surface area contributed by atoms with Crippen molar-refractivity contribution >= 4 is 17.1 Å². The molecule has 26 heavy (non-hydrogen) atoms. The second kappa shape index (κ2) is 7.14. The lowest BCUT2D eigenvalue weighted by Gasteiger charge is -2.21. The minimum absolute atomic E-state index is 0.0251. The van der Waals surface area contributed by atoms with Crippen LogP contribution in [-0.4, -0.2) is 49.1 Å². The molecular weight excluding hydrogens is 338 g/mol. The summed E-state index contributed by atoms with van der Waals surface area (Å²) in [6.07, 6.45) is -1.06. The number of aromatic amines is 1. The zero-order chi connectivity index (χ0) is 18.8. The molecule has 0 spiro atoms. The molecule has 3 N–H and O–H groups in total. The second-order valence-corrected chi connectivity index (χ2v) is 6.19. The van der Waals surface area contributed by atoms with Crippen LogP contribution in [0.15, 0.2) is 39.9 Å². The van der Waals surface area contributed by atoms with Crippen molar-refractivity contribution in [3.05, 3.63) is 56.7 Å². The highest BCUT2D eigenvalue weighted by Crippen LogP contribution is 2.20. The number of hydrogen-bond donors (Lipinski definition) is 3. The van der Waals surface area contributed by atoms with Crippen molar-refractivity contribution in [1.82, 2.24) is 19.1 Å². The van der Waals surface area contributed by atoms with Crippen molar-refractivity contribution in [1.29, 1.82) is 0 Å². The van der Waals surface area contributed by atoms with E-state index < -0.39 is 24.0 Å². The van der Waals surface area contributed by atoms with Crippen molar-refractivity contribution in [3.8, 4) is 0 Å². The van der Waals surface area contributed by atoms with Crippen LogP contribution in [0.3, 0.4) is 0 Å². The zero-order valence-corrected chi connectivity index (χ0v) is 14.6. The number of imidazole rings is 1. The van der Waals surface area contributed by atoms with Crippen LogP contribution in [-0.2, 0) is 20.1 Å². The smallest absolute Gasteiger partial charge is 0.329 e. The first-order valence-electron chi connectivity index (χ1n) is 8.16. The summed E-state index contributed by atoms with van der Waals surface area (Å²) in [5, 5.41) is 19.1. The van der Waals surface area contributed by atoms with Crippen LogP contribution in [0, 0.1) is 0 Å². The van der Waals surface area contributed by atoms with E-state index in [2.05, 4.69) is 9.97 Å². The molecule has 0 amide bonds. The van der Waals surface area contributed by atoms with Gasteiger partial charge < -0.3 is 19.7 Å². The van der Waals surface area contributed by atoms with Crippen molar-refractivity contribution in [3.63, 3.8) is 0 Å². The molecule has 0 radical (unpaired) electrons. The monoisotopic (exact) mass is 359 g/mol. The number of aliphatic hydroxyl groups is 2. The van der Waals surface area contributed by atoms with Gasteiger partial charge in [-0.05, 0) is 5.56 Å². The van der Waals surface area contributed by atoms with Gasteiger partial charge in [0.2, 0.25) is 5.95 Å². The molecule has 2 aromatic heterocycles. The van der Waals surface area contributed by atoms with Crippen LogP contribution in [0.4, 0.5) is 5.95 Å². The number of nitrogens with zero attached hydrogens (tertiary/aromatic N) is 4. The molecule has 2 heterocycles. The van der Waals surface area contributed by atoms with Gasteiger partial charge in [0.15, 0.2) is 11.2 Å². The maximum absolute atomic E-state index is 12.3. The van der Waals surface area contributed by atoms with Crippen LogP contribution in [0.25, 0.3) is 11.2 Å². The second-order valence-electron chi connectivity index (χ2n) is 6.19. The highest BCUT2D eigenvalue weighted by molar-refractivity contribution is 5.74. The Morgan fingerprint density at radius 2 is 1.96 bits per heavy atom. The van der Waals surface area contributed by atoms with Crippen LogP contribution in [0.1, 0.15) is 5.56 Å². The van der Waals surface area contributed by atoms with Gasteiger partial charge in [-0.3, -0.25) is 14.3 Å². The average molecular weight is 359 g/mol. The SMILES string of the molecule is CN(Cc1ccccc1)c1nc2c(c(=O)[nH]c(=O)n2C)n1C[C@H](O)CO. The molecule has 0 unspecified atom stereocenters. The maximum atomic E-state index is 12.3. The molecule has 9 nitrogen and oxygen atoms in total. The van der Waals surface area contributed by atoms with Crippen molar-refractivity contribution in [2.75, 3.05) is 18.6 Å². The molecule has 0 aliphatic carbocycles. The zero-order valence-electron chi connectivity index (χ0n) is 14.6. The summed E-state index contributed by atoms with van der Waals surface area (Å²) < 4.78 is 2.77. The minimum Gasteiger partial charge on any atom is -0.394 e. The topological polar surface area (TPSA) is 116 Å². The van der Waals surface area contributed by atoms with Gasteiger partial charge >= 0.3 is 5.69 Å². The predicted octanol–water partition coefficient (Wildman–Crippen LogP) is -0.587. The summed E-state index contributed by atoms with van der Waals surface area (Å²) in [5.41, 5.74) is 0.291. The summed E-state index contributed by atoms with van der Waals surface area (Å²) in [7, 11) is 3.32. The molecular formula is C17H21N5O4. The Bertz CT molecular complexity index is 1020. The third-order valence-electron chi connectivity index (χ3n) is 4.19. The van der Waals surface area contributed by atoms with Gasteiger partial charge in [0.1, 0.15) is 0 Å². The molecule has 0 saturated carbocycles. The number of aromatic nitrogens is 4. The van der Waals surface area contributed by atoms with Crippen molar-refractivity contribution in [2.24, 2.45) is 7.05 Å². The highest BCUT2D eigenvalue weighted by atomic mass is 16.3. The molecule has 3 rings (SSSR count). The Kier molecular flexibility index (Phi) is 4.92. The van der Waals surface area contributed by atoms with E-state index in [9.17, 15) is 19.8 Å². The van der Waals surface area contributed by atoms with Gasteiger partial charge in [0, 0.05) is 20.6 Å². The molecule has 9 heteroatoms. The first-order chi connectivity index (χ1) is 12.4. The largest absolute Gasteiger partial charge is 0.394 e. The molecule has 1 aromatic carbocycles. The van der Waals surface area contributed by atoms with E-state index in [0.29, 0.717) is 12.5 Å². The summed E-state index contributed by atoms with van der Waals surface area (Å²) in [5.74, 6) is 0.419. The first-order valence-corrected chi connectivity index (χ1v) is 8.16. The van der Waals surface area contributed by atoms with Gasteiger partial charge in [-0.15, -0.1) is 0 Å². The lowest BCUT2D eigenvalue weighted by Crippen LogP contribution is -2.31. The number of anilines is 1. The lowest BCUT2D eigenvalue weighted by atomic mass is 10.2. The van der Waals surface area contributed by atoms with Gasteiger partial charge in [-0.1, -0.05) is 30.3 Å². The molecule has 0 aliphatic rings. The third-order valence-corrected chi connectivity index (χ3v) is 4.19. The molecule has 1 atom stereocenters. The van der Waals surface area contributed by atoms with Crippen LogP contribution < -0.4 is 16.1 Å².